The van der Waals surface area contributed by atoms with Crippen molar-refractivity contribution in [3.63, 3.8) is 0 Å². The maximum atomic E-state index is 10.3. The Morgan fingerprint density at radius 1 is 1.29 bits per heavy atom. The smallest absolute Gasteiger partial charge is 0.305 e. The van der Waals surface area contributed by atoms with Gasteiger partial charge in [0.1, 0.15) is 0 Å². The van der Waals surface area contributed by atoms with Gasteiger partial charge < -0.3 is 9.84 Å². The third-order valence-corrected chi connectivity index (χ3v) is 2.11. The second-order valence-corrected chi connectivity index (χ2v) is 3.69. The highest BCUT2D eigenvalue weighted by molar-refractivity contribution is 5.67. The lowest BCUT2D eigenvalue weighted by Crippen LogP contribution is -2.14. The lowest BCUT2D eigenvalue weighted by atomic mass is 10.2. The van der Waals surface area contributed by atoms with Crippen LogP contribution in [0.2, 0.25) is 0 Å². The second kappa shape index (κ2) is 9.00. The van der Waals surface area contributed by atoms with Crippen molar-refractivity contribution in [2.75, 3.05) is 6.61 Å². The zero-order chi connectivity index (χ0) is 10.8. The Balaban J connectivity index is 3.14. The van der Waals surface area contributed by atoms with Crippen LogP contribution in [0.3, 0.4) is 0 Å². The Hall–Kier alpha value is -0.570. The summed E-state index contributed by atoms with van der Waals surface area (Å²) in [7, 11) is 0. The summed E-state index contributed by atoms with van der Waals surface area (Å²) in [6.07, 6.45) is 5.97. The number of aliphatic carboxylic acids is 1. The van der Waals surface area contributed by atoms with E-state index >= 15 is 0 Å². The first kappa shape index (κ1) is 13.4. The van der Waals surface area contributed by atoms with Crippen LogP contribution in [0.15, 0.2) is 0 Å². The second-order valence-electron chi connectivity index (χ2n) is 3.69. The minimum atomic E-state index is -0.788. The molecule has 0 radical (unpaired) electrons. The predicted molar refractivity (Wildman–Crippen MR) is 56.4 cm³/mol. The van der Waals surface area contributed by atoms with E-state index in [1.165, 1.54) is 25.7 Å². The van der Waals surface area contributed by atoms with E-state index in [-0.39, 0.29) is 12.5 Å². The molecule has 0 aliphatic heterocycles. The van der Waals surface area contributed by atoms with Gasteiger partial charge in [-0.25, -0.2) is 0 Å². The summed E-state index contributed by atoms with van der Waals surface area (Å²) in [5.41, 5.74) is 0. The molecule has 0 aliphatic rings. The standard InChI is InChI=1S/C11H22O3/c1-3-4-5-6-7-8-14-10(2)9-11(12)13/h10H,3-9H2,1-2H3,(H,12,13). The average Bonchev–Trinajstić information content (AvgIpc) is 2.10. The van der Waals surface area contributed by atoms with Crippen LogP contribution in [-0.2, 0) is 9.53 Å². The van der Waals surface area contributed by atoms with Gasteiger partial charge in [0.2, 0.25) is 0 Å². The van der Waals surface area contributed by atoms with Gasteiger partial charge in [-0.3, -0.25) is 4.79 Å². The minimum Gasteiger partial charge on any atom is -0.481 e. The van der Waals surface area contributed by atoms with E-state index in [9.17, 15) is 4.79 Å². The fourth-order valence-electron chi connectivity index (χ4n) is 1.29. The van der Waals surface area contributed by atoms with Gasteiger partial charge in [0, 0.05) is 6.61 Å². The summed E-state index contributed by atoms with van der Waals surface area (Å²) in [6, 6.07) is 0. The molecule has 0 saturated heterocycles. The Bertz CT molecular complexity index is 145. The van der Waals surface area contributed by atoms with E-state index in [2.05, 4.69) is 6.92 Å². The van der Waals surface area contributed by atoms with Gasteiger partial charge in [-0.2, -0.15) is 0 Å². The van der Waals surface area contributed by atoms with Crippen LogP contribution in [0.1, 0.15) is 52.4 Å². The molecule has 0 bridgehead atoms. The molecule has 0 aliphatic carbocycles. The van der Waals surface area contributed by atoms with Crippen molar-refractivity contribution >= 4 is 5.97 Å². The summed E-state index contributed by atoms with van der Waals surface area (Å²) in [6.45, 7) is 4.68. The molecule has 0 amide bonds. The Morgan fingerprint density at radius 2 is 1.93 bits per heavy atom. The van der Waals surface area contributed by atoms with E-state index in [0.717, 1.165) is 6.42 Å². The van der Waals surface area contributed by atoms with Crippen LogP contribution in [0.25, 0.3) is 0 Å². The number of carboxylic acid groups (broad SMARTS) is 1. The van der Waals surface area contributed by atoms with Gasteiger partial charge in [0.05, 0.1) is 12.5 Å². The fraction of sp³-hybridized carbons (Fsp3) is 0.909. The average molecular weight is 202 g/mol. The summed E-state index contributed by atoms with van der Waals surface area (Å²) in [5.74, 6) is -0.788. The van der Waals surface area contributed by atoms with Gasteiger partial charge in [0.15, 0.2) is 0 Å². The van der Waals surface area contributed by atoms with E-state index < -0.39 is 5.97 Å². The molecule has 1 unspecified atom stereocenters. The van der Waals surface area contributed by atoms with Crippen LogP contribution >= 0.6 is 0 Å². The molecule has 0 aromatic rings. The molecule has 0 fully saturated rings. The highest BCUT2D eigenvalue weighted by Crippen LogP contribution is 2.04. The number of ether oxygens (including phenoxy) is 1. The molecule has 3 nitrogen and oxygen atoms in total. The minimum absolute atomic E-state index is 0.106. The van der Waals surface area contributed by atoms with Gasteiger partial charge in [-0.05, 0) is 13.3 Å². The van der Waals surface area contributed by atoms with E-state index in [1.807, 2.05) is 0 Å². The molecule has 0 rings (SSSR count). The van der Waals surface area contributed by atoms with Crippen LogP contribution in [-0.4, -0.2) is 23.8 Å². The van der Waals surface area contributed by atoms with Crippen molar-refractivity contribution in [2.45, 2.75) is 58.5 Å². The maximum Gasteiger partial charge on any atom is 0.305 e. The molecule has 1 N–H and O–H groups in total. The lowest BCUT2D eigenvalue weighted by Gasteiger charge is -2.10. The number of hydrogen-bond acceptors (Lipinski definition) is 2. The van der Waals surface area contributed by atoms with Crippen LogP contribution < -0.4 is 0 Å². The molecule has 0 heterocycles. The molecule has 0 aromatic carbocycles. The zero-order valence-electron chi connectivity index (χ0n) is 9.29. The van der Waals surface area contributed by atoms with Crippen LogP contribution in [0, 0.1) is 0 Å². The summed E-state index contributed by atoms with van der Waals surface area (Å²) >= 11 is 0. The molecule has 0 saturated carbocycles. The van der Waals surface area contributed by atoms with Crippen molar-refractivity contribution < 1.29 is 14.6 Å². The van der Waals surface area contributed by atoms with Crippen molar-refractivity contribution in [1.82, 2.24) is 0 Å². The molecule has 84 valence electrons. The van der Waals surface area contributed by atoms with Crippen molar-refractivity contribution in [1.29, 1.82) is 0 Å². The molecular weight excluding hydrogens is 180 g/mol. The molecule has 0 aromatic heterocycles. The number of carbonyl (C=O) groups is 1. The van der Waals surface area contributed by atoms with Gasteiger partial charge in [-0.15, -0.1) is 0 Å². The quantitative estimate of drug-likeness (QED) is 0.585. The van der Waals surface area contributed by atoms with E-state index in [4.69, 9.17) is 9.84 Å². The third kappa shape index (κ3) is 9.52. The van der Waals surface area contributed by atoms with Gasteiger partial charge >= 0.3 is 5.97 Å². The normalized spacial score (nSPS) is 12.7. The van der Waals surface area contributed by atoms with Crippen molar-refractivity contribution in [3.8, 4) is 0 Å². The molecule has 1 atom stereocenters. The third-order valence-electron chi connectivity index (χ3n) is 2.11. The first-order chi connectivity index (χ1) is 6.66. The molecular formula is C11H22O3. The lowest BCUT2D eigenvalue weighted by molar-refractivity contribution is -0.139. The molecule has 0 spiro atoms. The van der Waals surface area contributed by atoms with Crippen molar-refractivity contribution in [2.24, 2.45) is 0 Å². The Labute approximate surface area is 86.5 Å². The maximum absolute atomic E-state index is 10.3. The monoisotopic (exact) mass is 202 g/mol. The summed E-state index contributed by atoms with van der Waals surface area (Å²) in [5, 5.41) is 8.48. The first-order valence-electron chi connectivity index (χ1n) is 5.50. The molecule has 3 heteroatoms. The fourth-order valence-corrected chi connectivity index (χ4v) is 1.29. The number of hydrogen-bond donors (Lipinski definition) is 1. The topological polar surface area (TPSA) is 46.5 Å². The largest absolute Gasteiger partial charge is 0.481 e. The van der Waals surface area contributed by atoms with E-state index in [1.54, 1.807) is 6.92 Å². The summed E-state index contributed by atoms with van der Waals surface area (Å²) < 4.78 is 5.35. The highest BCUT2D eigenvalue weighted by Gasteiger charge is 2.06. The highest BCUT2D eigenvalue weighted by atomic mass is 16.5. The number of unbranched alkanes of at least 4 members (excludes halogenated alkanes) is 4. The Morgan fingerprint density at radius 3 is 2.50 bits per heavy atom. The Kier molecular flexibility index (Phi) is 8.64. The number of carboxylic acids is 1. The first-order valence-corrected chi connectivity index (χ1v) is 5.50. The van der Waals surface area contributed by atoms with Crippen molar-refractivity contribution in [3.05, 3.63) is 0 Å². The predicted octanol–water partition coefficient (Wildman–Crippen LogP) is 2.84. The SMILES string of the molecule is CCCCCCCOC(C)CC(=O)O. The van der Waals surface area contributed by atoms with Crippen LogP contribution in [0.5, 0.6) is 0 Å². The van der Waals surface area contributed by atoms with E-state index in [0.29, 0.717) is 6.61 Å². The number of rotatable bonds is 9. The zero-order valence-corrected chi connectivity index (χ0v) is 9.29. The molecule has 14 heavy (non-hydrogen) atoms. The van der Waals surface area contributed by atoms with Gasteiger partial charge in [0.25, 0.3) is 0 Å². The van der Waals surface area contributed by atoms with Gasteiger partial charge in [-0.1, -0.05) is 32.6 Å². The van der Waals surface area contributed by atoms with Crippen LogP contribution in [0.4, 0.5) is 0 Å². The summed E-state index contributed by atoms with van der Waals surface area (Å²) in [4.78, 5) is 10.3.